The minimum atomic E-state index is -4.76. The molecule has 3 unspecified atom stereocenters. The van der Waals surface area contributed by atoms with E-state index in [-0.39, 0.29) is 25.9 Å². The zero-order valence-electron chi connectivity index (χ0n) is 44.2. The number of rotatable bonds is 50. The summed E-state index contributed by atoms with van der Waals surface area (Å²) in [4.78, 5) is 48.4. The predicted molar refractivity (Wildman–Crippen MR) is 288 cm³/mol. The second-order valence-electron chi connectivity index (χ2n) is 18.0. The molecule has 2 N–H and O–H groups in total. The van der Waals surface area contributed by atoms with Crippen LogP contribution in [0.4, 0.5) is 0 Å². The second-order valence-corrected chi connectivity index (χ2v) is 19.4. The highest BCUT2D eigenvalue weighted by molar-refractivity contribution is 7.47. The lowest BCUT2D eigenvalue weighted by molar-refractivity contribution is -0.161. The van der Waals surface area contributed by atoms with E-state index in [0.29, 0.717) is 19.3 Å². The third-order valence-corrected chi connectivity index (χ3v) is 12.3. The van der Waals surface area contributed by atoms with Crippen LogP contribution in [0.25, 0.3) is 0 Å². The van der Waals surface area contributed by atoms with Gasteiger partial charge in [0.05, 0.1) is 19.8 Å². The summed E-state index contributed by atoms with van der Waals surface area (Å²) < 4.78 is 39.4. The molecule has 0 heterocycles. The number of carbonyl (C=O) groups excluding carboxylic acids is 3. The summed E-state index contributed by atoms with van der Waals surface area (Å²) >= 11 is 0. The smallest absolute Gasteiger partial charge is 0.462 e. The largest absolute Gasteiger partial charge is 0.472 e. The van der Waals surface area contributed by atoms with Crippen molar-refractivity contribution in [3.8, 4) is 0 Å². The highest BCUT2D eigenvalue weighted by atomic mass is 31.2. The van der Waals surface area contributed by atoms with Crippen LogP contribution in [-0.4, -0.2) is 66.5 Å². The van der Waals surface area contributed by atoms with Crippen molar-refractivity contribution < 1.29 is 52.2 Å². The number of allylic oxidation sites excluding steroid dienone is 14. The average molecular weight is 1000 g/mol. The lowest BCUT2D eigenvalue weighted by Gasteiger charge is -2.21. The zero-order chi connectivity index (χ0) is 51.3. The summed E-state index contributed by atoms with van der Waals surface area (Å²) in [7, 11) is -4.76. The number of hydrogen-bond donors (Lipinski definition) is 2. The molecule has 0 aliphatic carbocycles. The molecule has 70 heavy (non-hydrogen) atoms. The Bertz CT molecular complexity index is 1500. The lowest BCUT2D eigenvalue weighted by atomic mass is 10.1. The molecule has 3 atom stereocenters. The van der Waals surface area contributed by atoms with Gasteiger partial charge in [0.1, 0.15) is 12.7 Å². The Morgan fingerprint density at radius 1 is 0.414 bits per heavy atom. The number of ether oxygens (including phenoxy) is 3. The summed E-state index contributed by atoms with van der Waals surface area (Å²) in [6, 6.07) is 0. The van der Waals surface area contributed by atoms with E-state index in [1.165, 1.54) is 51.4 Å². The fraction of sp³-hybridized carbons (Fsp3) is 0.707. The Morgan fingerprint density at radius 2 is 0.743 bits per heavy atom. The predicted octanol–water partition coefficient (Wildman–Crippen LogP) is 15.9. The van der Waals surface area contributed by atoms with Crippen LogP contribution >= 0.6 is 7.82 Å². The SMILES string of the molecule is CC/C=C\C/C=C\C/C=C\C/C=C\CCCCC(=O)OC(CO)COP(=O)(O)OCC(COC(=O)CCCCCCCCCCCCC)OC(=O)CCCCCCCCC/C=C\C/C=C\C/C=C\CC. The molecule has 0 fully saturated rings. The van der Waals surface area contributed by atoms with Crippen molar-refractivity contribution in [1.82, 2.24) is 0 Å². The summed E-state index contributed by atoms with van der Waals surface area (Å²) in [5.74, 6) is -1.52. The Kier molecular flexibility index (Phi) is 49.5. The molecule has 0 saturated heterocycles. The number of phosphoric acid groups is 1. The minimum Gasteiger partial charge on any atom is -0.462 e. The van der Waals surface area contributed by atoms with Crippen molar-refractivity contribution in [1.29, 1.82) is 0 Å². The van der Waals surface area contributed by atoms with Crippen LogP contribution in [0.1, 0.15) is 226 Å². The highest BCUT2D eigenvalue weighted by Gasteiger charge is 2.28. The molecule has 0 saturated carbocycles. The monoisotopic (exact) mass is 1000 g/mol. The number of carbonyl (C=O) groups is 3. The van der Waals surface area contributed by atoms with Gasteiger partial charge in [-0.3, -0.25) is 23.4 Å². The van der Waals surface area contributed by atoms with E-state index >= 15 is 0 Å². The van der Waals surface area contributed by atoms with Crippen LogP contribution in [0.5, 0.6) is 0 Å². The molecular formula is C58H99O11P. The number of hydrogen-bond acceptors (Lipinski definition) is 10. The van der Waals surface area contributed by atoms with E-state index in [2.05, 4.69) is 106 Å². The summed E-state index contributed by atoms with van der Waals surface area (Å²) in [5, 5.41) is 9.79. The standard InChI is InChI=1S/C58H99O11P/c1-4-7-10-13-16-19-22-24-26-27-29-31-34-37-40-43-46-49-58(62)69-55(51-65-56(60)47-44-41-38-35-32-21-18-15-12-9-6-3)53-67-70(63,64)66-52-54(50-59)68-57(61)48-45-42-39-36-33-30-28-25-23-20-17-14-11-8-5-2/h7-8,10-11,16-17,19-20,24-26,28,33,36,54-55,59H,4-6,9,12-15,18,21-23,27,29-32,34-35,37-53H2,1-3H3,(H,63,64)/b10-7-,11-8-,19-16-,20-17-,26-24-,28-25-,36-33-. The van der Waals surface area contributed by atoms with E-state index in [0.717, 1.165) is 116 Å². The van der Waals surface area contributed by atoms with Gasteiger partial charge in [-0.15, -0.1) is 0 Å². The van der Waals surface area contributed by atoms with Crippen molar-refractivity contribution >= 4 is 25.7 Å². The van der Waals surface area contributed by atoms with Crippen molar-refractivity contribution in [2.45, 2.75) is 238 Å². The summed E-state index contributed by atoms with van der Waals surface area (Å²) in [6.45, 7) is 4.35. The summed E-state index contributed by atoms with van der Waals surface area (Å²) in [5.41, 5.74) is 0. The summed E-state index contributed by atoms with van der Waals surface area (Å²) in [6.07, 6.45) is 58.3. The molecule has 12 heteroatoms. The van der Waals surface area contributed by atoms with Gasteiger partial charge in [0.25, 0.3) is 0 Å². The maximum Gasteiger partial charge on any atom is 0.472 e. The first-order valence-corrected chi connectivity index (χ1v) is 29.0. The average Bonchev–Trinajstić information content (AvgIpc) is 3.35. The van der Waals surface area contributed by atoms with Crippen LogP contribution in [-0.2, 0) is 42.2 Å². The normalized spacial score (nSPS) is 14.1. The molecule has 11 nitrogen and oxygen atoms in total. The molecular weight excluding hydrogens is 904 g/mol. The van der Waals surface area contributed by atoms with E-state index < -0.39 is 57.8 Å². The molecule has 0 aromatic carbocycles. The third kappa shape index (κ3) is 49.6. The van der Waals surface area contributed by atoms with Crippen molar-refractivity contribution in [3.63, 3.8) is 0 Å². The lowest BCUT2D eigenvalue weighted by Crippen LogP contribution is -2.30. The Balaban J connectivity index is 4.76. The van der Waals surface area contributed by atoms with Gasteiger partial charge >= 0.3 is 25.7 Å². The van der Waals surface area contributed by atoms with Gasteiger partial charge in [-0.05, 0) is 89.9 Å². The number of phosphoric ester groups is 1. The van der Waals surface area contributed by atoms with Gasteiger partial charge < -0.3 is 24.2 Å². The molecule has 0 rings (SSSR count). The second kappa shape index (κ2) is 52.0. The van der Waals surface area contributed by atoms with Crippen LogP contribution in [0.3, 0.4) is 0 Å². The Hall–Kier alpha value is -3.34. The van der Waals surface area contributed by atoms with E-state index in [4.69, 9.17) is 23.3 Å². The Labute approximate surface area is 426 Å². The first kappa shape index (κ1) is 66.7. The molecule has 402 valence electrons. The first-order valence-electron chi connectivity index (χ1n) is 27.5. The van der Waals surface area contributed by atoms with Gasteiger partial charge in [0.2, 0.25) is 0 Å². The third-order valence-electron chi connectivity index (χ3n) is 11.3. The molecule has 0 aliphatic heterocycles. The van der Waals surface area contributed by atoms with Crippen LogP contribution in [0.15, 0.2) is 85.1 Å². The van der Waals surface area contributed by atoms with Crippen molar-refractivity contribution in [3.05, 3.63) is 85.1 Å². The molecule has 0 radical (unpaired) electrons. The maximum absolute atomic E-state index is 12.9. The molecule has 0 aromatic rings. The number of unbranched alkanes of at least 4 members (excludes halogenated alkanes) is 19. The van der Waals surface area contributed by atoms with E-state index in [1.54, 1.807) is 0 Å². The van der Waals surface area contributed by atoms with Gasteiger partial charge in [0, 0.05) is 19.3 Å². The van der Waals surface area contributed by atoms with Gasteiger partial charge in [-0.25, -0.2) is 4.57 Å². The van der Waals surface area contributed by atoms with Crippen LogP contribution in [0, 0.1) is 0 Å². The maximum atomic E-state index is 12.9. The Morgan fingerprint density at radius 3 is 1.17 bits per heavy atom. The van der Waals surface area contributed by atoms with Crippen LogP contribution in [0.2, 0.25) is 0 Å². The number of aliphatic hydroxyl groups is 1. The number of aliphatic hydroxyl groups excluding tert-OH is 1. The van der Waals surface area contributed by atoms with E-state index in [9.17, 15) is 28.9 Å². The molecule has 0 aliphatic rings. The van der Waals surface area contributed by atoms with Crippen LogP contribution < -0.4 is 0 Å². The number of esters is 3. The minimum absolute atomic E-state index is 0.122. The molecule has 0 aromatic heterocycles. The van der Waals surface area contributed by atoms with Gasteiger partial charge in [0.15, 0.2) is 6.10 Å². The van der Waals surface area contributed by atoms with Crippen molar-refractivity contribution in [2.24, 2.45) is 0 Å². The quantitative estimate of drug-likeness (QED) is 0.0197. The van der Waals surface area contributed by atoms with Gasteiger partial charge in [-0.1, -0.05) is 202 Å². The van der Waals surface area contributed by atoms with Gasteiger partial charge in [-0.2, -0.15) is 0 Å². The fourth-order valence-electron chi connectivity index (χ4n) is 7.18. The van der Waals surface area contributed by atoms with E-state index in [1.807, 2.05) is 0 Å². The first-order chi connectivity index (χ1) is 34.2. The zero-order valence-corrected chi connectivity index (χ0v) is 45.1. The molecule has 0 amide bonds. The molecule has 0 bridgehead atoms. The van der Waals surface area contributed by atoms with Crippen molar-refractivity contribution in [2.75, 3.05) is 26.4 Å². The topological polar surface area (TPSA) is 155 Å². The highest BCUT2D eigenvalue weighted by Crippen LogP contribution is 2.43. The molecule has 0 spiro atoms. The fourth-order valence-corrected chi connectivity index (χ4v) is 7.97.